The topological polar surface area (TPSA) is 77.8 Å². The Balaban J connectivity index is 1.83. The first-order chi connectivity index (χ1) is 12.3. The van der Waals surface area contributed by atoms with Crippen molar-refractivity contribution in [2.75, 3.05) is 5.32 Å². The molecule has 3 rings (SSSR count). The number of anilines is 1. The number of hydrogen-bond acceptors (Lipinski definition) is 3. The van der Waals surface area contributed by atoms with E-state index in [1.165, 1.54) is 0 Å². The molecule has 0 saturated heterocycles. The predicted molar refractivity (Wildman–Crippen MR) is 104 cm³/mol. The summed E-state index contributed by atoms with van der Waals surface area (Å²) in [6, 6.07) is 18.7. The molecule has 0 fully saturated rings. The Bertz CT molecular complexity index is 995. The van der Waals surface area contributed by atoms with Crippen molar-refractivity contribution < 1.29 is 4.79 Å². The molecule has 0 aliphatic rings. The van der Waals surface area contributed by atoms with Gasteiger partial charge in [-0.25, -0.2) is 9.78 Å². The second-order valence-corrected chi connectivity index (χ2v) is 7.12. The summed E-state index contributed by atoms with van der Waals surface area (Å²) in [5.74, 6) is 0. The van der Waals surface area contributed by atoms with Gasteiger partial charge < -0.3 is 10.6 Å². The fraction of sp³-hybridized carbons (Fsp3) is 0.190. The highest BCUT2D eigenvalue weighted by Crippen LogP contribution is 2.23. The maximum atomic E-state index is 12.0. The molecule has 0 saturated carbocycles. The van der Waals surface area contributed by atoms with Gasteiger partial charge in [0, 0.05) is 22.2 Å². The van der Waals surface area contributed by atoms with Crippen LogP contribution in [0.2, 0.25) is 0 Å². The van der Waals surface area contributed by atoms with Crippen LogP contribution in [0.25, 0.3) is 22.2 Å². The summed E-state index contributed by atoms with van der Waals surface area (Å²) >= 11 is 0. The number of carbonyl (C=O) groups is 1. The largest absolute Gasteiger partial charge is 0.333 e. The second-order valence-electron chi connectivity index (χ2n) is 7.12. The van der Waals surface area contributed by atoms with Gasteiger partial charge >= 0.3 is 6.03 Å². The summed E-state index contributed by atoms with van der Waals surface area (Å²) < 4.78 is 0. The predicted octanol–water partition coefficient (Wildman–Crippen LogP) is 4.69. The van der Waals surface area contributed by atoms with Crippen LogP contribution >= 0.6 is 0 Å². The molecule has 26 heavy (non-hydrogen) atoms. The number of aromatic nitrogens is 1. The number of nitrogens with one attached hydrogen (secondary N) is 2. The monoisotopic (exact) mass is 344 g/mol. The summed E-state index contributed by atoms with van der Waals surface area (Å²) in [5, 5.41) is 15.5. The van der Waals surface area contributed by atoms with Crippen LogP contribution in [0.1, 0.15) is 26.3 Å². The third-order valence-corrected chi connectivity index (χ3v) is 3.75. The number of nitriles is 1. The molecule has 1 aromatic heterocycles. The highest BCUT2D eigenvalue weighted by atomic mass is 16.2. The van der Waals surface area contributed by atoms with Crippen LogP contribution in [0, 0.1) is 11.3 Å². The molecule has 5 nitrogen and oxygen atoms in total. The second kappa shape index (κ2) is 6.85. The van der Waals surface area contributed by atoms with Gasteiger partial charge in [-0.2, -0.15) is 5.26 Å². The summed E-state index contributed by atoms with van der Waals surface area (Å²) in [5.41, 5.74) is 3.68. The maximum Gasteiger partial charge on any atom is 0.319 e. The first-order valence-electron chi connectivity index (χ1n) is 8.35. The van der Waals surface area contributed by atoms with Crippen LogP contribution in [-0.2, 0) is 0 Å². The molecule has 3 aromatic rings. The number of nitrogens with zero attached hydrogens (tertiary/aromatic N) is 2. The van der Waals surface area contributed by atoms with Gasteiger partial charge in [-0.15, -0.1) is 0 Å². The maximum absolute atomic E-state index is 12.0. The lowest BCUT2D eigenvalue weighted by Crippen LogP contribution is -2.43. The van der Waals surface area contributed by atoms with Crippen molar-refractivity contribution in [2.45, 2.75) is 26.3 Å². The van der Waals surface area contributed by atoms with Crippen LogP contribution in [-0.4, -0.2) is 16.6 Å². The van der Waals surface area contributed by atoms with E-state index in [0.717, 1.165) is 22.2 Å². The van der Waals surface area contributed by atoms with E-state index in [1.54, 1.807) is 12.1 Å². The van der Waals surface area contributed by atoms with Gasteiger partial charge in [-0.1, -0.05) is 18.2 Å². The Labute approximate surface area is 152 Å². The molecular weight excluding hydrogens is 324 g/mol. The van der Waals surface area contributed by atoms with Crippen molar-refractivity contribution in [1.29, 1.82) is 5.26 Å². The highest BCUT2D eigenvalue weighted by molar-refractivity contribution is 5.93. The number of benzene rings is 2. The zero-order valence-electron chi connectivity index (χ0n) is 15.0. The van der Waals surface area contributed by atoms with Gasteiger partial charge in [0.25, 0.3) is 0 Å². The van der Waals surface area contributed by atoms with Crippen molar-refractivity contribution in [3.63, 3.8) is 0 Å². The van der Waals surface area contributed by atoms with Crippen molar-refractivity contribution in [2.24, 2.45) is 0 Å². The van der Waals surface area contributed by atoms with Gasteiger partial charge in [0.05, 0.1) is 22.8 Å². The standard InChI is InChI=1S/C21H20N4O/c1-21(2,3)25-20(26)23-17-9-11-19-16(12-17)8-10-18(24-19)15-6-4-14(13-22)5-7-15/h4-12H,1-3H3,(H2,23,25,26). The molecule has 2 aromatic carbocycles. The van der Waals surface area contributed by atoms with Crippen LogP contribution in [0.3, 0.4) is 0 Å². The number of pyridine rings is 1. The van der Waals surface area contributed by atoms with E-state index in [0.29, 0.717) is 11.3 Å². The van der Waals surface area contributed by atoms with Crippen molar-refractivity contribution >= 4 is 22.6 Å². The molecular formula is C21H20N4O. The van der Waals surface area contributed by atoms with Crippen molar-refractivity contribution in [3.8, 4) is 17.3 Å². The molecule has 0 atom stereocenters. The Morgan fingerprint density at radius 2 is 1.77 bits per heavy atom. The van der Waals surface area contributed by atoms with E-state index in [2.05, 4.69) is 21.7 Å². The normalized spacial score (nSPS) is 11.0. The first-order valence-corrected chi connectivity index (χ1v) is 8.35. The number of amides is 2. The van der Waals surface area contributed by atoms with E-state index >= 15 is 0 Å². The molecule has 0 unspecified atom stereocenters. The van der Waals surface area contributed by atoms with E-state index in [4.69, 9.17) is 5.26 Å². The lowest BCUT2D eigenvalue weighted by atomic mass is 10.1. The summed E-state index contributed by atoms with van der Waals surface area (Å²) in [4.78, 5) is 16.7. The molecule has 0 radical (unpaired) electrons. The molecule has 0 spiro atoms. The number of urea groups is 1. The van der Waals surface area contributed by atoms with Crippen LogP contribution < -0.4 is 10.6 Å². The lowest BCUT2D eigenvalue weighted by molar-refractivity contribution is 0.244. The van der Waals surface area contributed by atoms with E-state index in [9.17, 15) is 4.79 Å². The minimum absolute atomic E-state index is 0.237. The van der Waals surface area contributed by atoms with Gasteiger partial charge in [0.1, 0.15) is 0 Å². The average molecular weight is 344 g/mol. The number of fused-ring (bicyclic) bond motifs is 1. The zero-order chi connectivity index (χ0) is 18.7. The van der Waals surface area contributed by atoms with E-state index < -0.39 is 0 Å². The van der Waals surface area contributed by atoms with Crippen molar-refractivity contribution in [3.05, 3.63) is 60.2 Å². The molecule has 0 bridgehead atoms. The zero-order valence-corrected chi connectivity index (χ0v) is 15.0. The van der Waals surface area contributed by atoms with E-state index in [-0.39, 0.29) is 11.6 Å². The summed E-state index contributed by atoms with van der Waals surface area (Å²) in [7, 11) is 0. The highest BCUT2D eigenvalue weighted by Gasteiger charge is 2.13. The quantitative estimate of drug-likeness (QED) is 0.708. The molecule has 0 aliphatic heterocycles. The first kappa shape index (κ1) is 17.4. The number of rotatable bonds is 2. The smallest absolute Gasteiger partial charge is 0.319 e. The minimum atomic E-state index is -0.293. The molecule has 1 heterocycles. The Morgan fingerprint density at radius 3 is 2.42 bits per heavy atom. The molecule has 0 aliphatic carbocycles. The summed E-state index contributed by atoms with van der Waals surface area (Å²) in [6.45, 7) is 5.80. The van der Waals surface area contributed by atoms with Crippen LogP contribution in [0.4, 0.5) is 10.5 Å². The van der Waals surface area contributed by atoms with Crippen LogP contribution in [0.5, 0.6) is 0 Å². The number of hydrogen-bond donors (Lipinski definition) is 2. The van der Waals surface area contributed by atoms with Gasteiger partial charge in [-0.05, 0) is 57.2 Å². The number of carbonyl (C=O) groups excluding carboxylic acids is 1. The van der Waals surface area contributed by atoms with Crippen molar-refractivity contribution in [1.82, 2.24) is 10.3 Å². The molecule has 2 N–H and O–H groups in total. The Hall–Kier alpha value is -3.39. The SMILES string of the molecule is CC(C)(C)NC(=O)Nc1ccc2nc(-c3ccc(C#N)cc3)ccc2c1. The fourth-order valence-electron chi connectivity index (χ4n) is 2.58. The molecule has 2 amide bonds. The van der Waals surface area contributed by atoms with Gasteiger partial charge in [-0.3, -0.25) is 0 Å². The minimum Gasteiger partial charge on any atom is -0.333 e. The van der Waals surface area contributed by atoms with Gasteiger partial charge in [0.15, 0.2) is 0 Å². The van der Waals surface area contributed by atoms with Gasteiger partial charge in [0.2, 0.25) is 0 Å². The molecule has 130 valence electrons. The fourth-order valence-corrected chi connectivity index (χ4v) is 2.58. The Morgan fingerprint density at radius 1 is 1.04 bits per heavy atom. The average Bonchev–Trinajstić information content (AvgIpc) is 2.59. The third kappa shape index (κ3) is 4.17. The van der Waals surface area contributed by atoms with E-state index in [1.807, 2.05) is 63.2 Å². The van der Waals surface area contributed by atoms with Crippen LogP contribution in [0.15, 0.2) is 54.6 Å². The lowest BCUT2D eigenvalue weighted by Gasteiger charge is -2.20. The Kier molecular flexibility index (Phi) is 4.59. The summed E-state index contributed by atoms with van der Waals surface area (Å²) in [6.07, 6.45) is 0. The molecule has 5 heteroatoms. The third-order valence-electron chi connectivity index (χ3n) is 3.75.